The number of nitrogens with one attached hydrogen (secondary N) is 1. The van der Waals surface area contributed by atoms with E-state index in [-0.39, 0.29) is 0 Å². The van der Waals surface area contributed by atoms with Crippen molar-refractivity contribution in [1.29, 1.82) is 0 Å². The highest BCUT2D eigenvalue weighted by molar-refractivity contribution is 5.51. The zero-order valence-electron chi connectivity index (χ0n) is 7.94. The second kappa shape index (κ2) is 3.86. The van der Waals surface area contributed by atoms with Gasteiger partial charge in [0.1, 0.15) is 6.54 Å². The quantitative estimate of drug-likeness (QED) is 0.801. The maximum absolute atomic E-state index is 11.9. The van der Waals surface area contributed by atoms with Gasteiger partial charge >= 0.3 is 6.18 Å². The average molecular weight is 204 g/mol. The molecule has 1 N–H and O–H groups in total. The average Bonchev–Trinajstić information content (AvgIpc) is 2.06. The van der Waals surface area contributed by atoms with Gasteiger partial charge in [0.05, 0.1) is 11.9 Å². The van der Waals surface area contributed by atoms with E-state index in [0.29, 0.717) is 5.69 Å². The van der Waals surface area contributed by atoms with Crippen molar-refractivity contribution < 1.29 is 13.2 Å². The number of hydrogen-bond donors (Lipinski definition) is 1. The van der Waals surface area contributed by atoms with Crippen molar-refractivity contribution in [1.82, 2.24) is 4.98 Å². The van der Waals surface area contributed by atoms with Crippen molar-refractivity contribution in [3.8, 4) is 0 Å². The van der Waals surface area contributed by atoms with Gasteiger partial charge in [-0.25, -0.2) is 0 Å². The van der Waals surface area contributed by atoms with Gasteiger partial charge in [-0.05, 0) is 25.0 Å². The summed E-state index contributed by atoms with van der Waals surface area (Å²) >= 11 is 0. The Balaban J connectivity index is 2.73. The highest BCUT2D eigenvalue weighted by Crippen LogP contribution is 2.19. The molecule has 0 aliphatic heterocycles. The molecule has 0 spiro atoms. The standard InChI is InChI=1S/C9H11F3N2/c1-6-3-13-4-8(7(6)2)14-5-9(10,11)12/h3-4,14H,5H2,1-2H3. The van der Waals surface area contributed by atoms with Crippen LogP contribution < -0.4 is 5.32 Å². The Morgan fingerprint density at radius 3 is 2.50 bits per heavy atom. The topological polar surface area (TPSA) is 24.9 Å². The first-order valence-electron chi connectivity index (χ1n) is 4.12. The van der Waals surface area contributed by atoms with E-state index in [2.05, 4.69) is 10.3 Å². The predicted molar refractivity (Wildman–Crippen MR) is 48.3 cm³/mol. The van der Waals surface area contributed by atoms with Gasteiger partial charge in [-0.3, -0.25) is 4.98 Å². The Bertz CT molecular complexity index is 320. The van der Waals surface area contributed by atoms with Crippen molar-refractivity contribution in [2.24, 2.45) is 0 Å². The number of alkyl halides is 3. The van der Waals surface area contributed by atoms with E-state index in [1.54, 1.807) is 20.0 Å². The van der Waals surface area contributed by atoms with Crippen LogP contribution in [0.3, 0.4) is 0 Å². The summed E-state index contributed by atoms with van der Waals surface area (Å²) in [5, 5.41) is 2.31. The lowest BCUT2D eigenvalue weighted by molar-refractivity contribution is -0.115. The molecule has 0 aromatic carbocycles. The number of aryl methyl sites for hydroxylation is 1. The first-order chi connectivity index (χ1) is 6.40. The summed E-state index contributed by atoms with van der Waals surface area (Å²) in [7, 11) is 0. The van der Waals surface area contributed by atoms with Gasteiger partial charge in [-0.1, -0.05) is 0 Å². The summed E-state index contributed by atoms with van der Waals surface area (Å²) in [6.07, 6.45) is -1.18. The van der Waals surface area contributed by atoms with E-state index < -0.39 is 12.7 Å². The summed E-state index contributed by atoms with van der Waals surface area (Å²) in [4.78, 5) is 3.82. The first kappa shape index (κ1) is 10.8. The molecule has 1 aromatic rings. The third-order valence-corrected chi connectivity index (χ3v) is 1.95. The molecule has 0 amide bonds. The van der Waals surface area contributed by atoms with E-state index in [0.717, 1.165) is 11.1 Å². The van der Waals surface area contributed by atoms with Crippen LogP contribution in [-0.2, 0) is 0 Å². The highest BCUT2D eigenvalue weighted by atomic mass is 19.4. The van der Waals surface area contributed by atoms with Crippen LogP contribution >= 0.6 is 0 Å². The van der Waals surface area contributed by atoms with E-state index >= 15 is 0 Å². The maximum atomic E-state index is 11.9. The molecule has 1 heterocycles. The van der Waals surface area contributed by atoms with Crippen LogP contribution in [0.2, 0.25) is 0 Å². The molecule has 0 saturated carbocycles. The highest BCUT2D eigenvalue weighted by Gasteiger charge is 2.26. The number of anilines is 1. The van der Waals surface area contributed by atoms with Crippen molar-refractivity contribution in [2.45, 2.75) is 20.0 Å². The summed E-state index contributed by atoms with van der Waals surface area (Å²) in [6, 6.07) is 0. The Kier molecular flexibility index (Phi) is 2.98. The molecule has 1 rings (SSSR count). The molecule has 0 fully saturated rings. The molecule has 78 valence electrons. The lowest BCUT2D eigenvalue weighted by Gasteiger charge is -2.12. The molecule has 0 unspecified atom stereocenters. The number of rotatable bonds is 2. The van der Waals surface area contributed by atoms with Crippen LogP contribution in [0.1, 0.15) is 11.1 Å². The van der Waals surface area contributed by atoms with Gasteiger partial charge in [0, 0.05) is 6.20 Å². The van der Waals surface area contributed by atoms with Crippen LogP contribution in [-0.4, -0.2) is 17.7 Å². The molecule has 0 saturated heterocycles. The minimum atomic E-state index is -4.20. The summed E-state index contributed by atoms with van der Waals surface area (Å²) in [6.45, 7) is 2.54. The number of nitrogens with zero attached hydrogens (tertiary/aromatic N) is 1. The molecule has 0 atom stereocenters. The molecular weight excluding hydrogens is 193 g/mol. The second-order valence-corrected chi connectivity index (χ2v) is 3.10. The Morgan fingerprint density at radius 2 is 1.93 bits per heavy atom. The van der Waals surface area contributed by atoms with Gasteiger partial charge < -0.3 is 5.32 Å². The maximum Gasteiger partial charge on any atom is 0.405 e. The fraction of sp³-hybridized carbons (Fsp3) is 0.444. The van der Waals surface area contributed by atoms with Crippen LogP contribution in [0.15, 0.2) is 12.4 Å². The first-order valence-corrected chi connectivity index (χ1v) is 4.12. The molecule has 14 heavy (non-hydrogen) atoms. The second-order valence-electron chi connectivity index (χ2n) is 3.10. The minimum absolute atomic E-state index is 0.433. The van der Waals surface area contributed by atoms with E-state index in [1.165, 1.54) is 6.20 Å². The SMILES string of the molecule is Cc1cncc(NCC(F)(F)F)c1C. The number of halogens is 3. The van der Waals surface area contributed by atoms with Gasteiger partial charge in [0.25, 0.3) is 0 Å². The van der Waals surface area contributed by atoms with E-state index in [4.69, 9.17) is 0 Å². The predicted octanol–water partition coefficient (Wildman–Crippen LogP) is 2.67. The monoisotopic (exact) mass is 204 g/mol. The molecular formula is C9H11F3N2. The van der Waals surface area contributed by atoms with Crippen molar-refractivity contribution >= 4 is 5.69 Å². The summed E-state index contributed by atoms with van der Waals surface area (Å²) in [5.41, 5.74) is 2.10. The van der Waals surface area contributed by atoms with Gasteiger partial charge in [0.2, 0.25) is 0 Å². The minimum Gasteiger partial charge on any atom is -0.375 e. The van der Waals surface area contributed by atoms with Gasteiger partial charge in [0.15, 0.2) is 0 Å². The van der Waals surface area contributed by atoms with Crippen LogP contribution in [0.25, 0.3) is 0 Å². The molecule has 0 bridgehead atoms. The number of hydrogen-bond acceptors (Lipinski definition) is 2. The van der Waals surface area contributed by atoms with Crippen LogP contribution in [0, 0.1) is 13.8 Å². The van der Waals surface area contributed by atoms with Crippen molar-refractivity contribution in [2.75, 3.05) is 11.9 Å². The summed E-state index contributed by atoms with van der Waals surface area (Å²) in [5.74, 6) is 0. The van der Waals surface area contributed by atoms with Crippen LogP contribution in [0.4, 0.5) is 18.9 Å². The Hall–Kier alpha value is -1.26. The summed E-state index contributed by atoms with van der Waals surface area (Å²) < 4.78 is 35.7. The van der Waals surface area contributed by atoms with Gasteiger partial charge in [-0.15, -0.1) is 0 Å². The third-order valence-electron chi connectivity index (χ3n) is 1.95. The Morgan fingerprint density at radius 1 is 1.29 bits per heavy atom. The number of pyridine rings is 1. The van der Waals surface area contributed by atoms with E-state index in [9.17, 15) is 13.2 Å². The van der Waals surface area contributed by atoms with E-state index in [1.807, 2.05) is 0 Å². The Labute approximate surface area is 80.2 Å². The van der Waals surface area contributed by atoms with Crippen molar-refractivity contribution in [3.05, 3.63) is 23.5 Å². The van der Waals surface area contributed by atoms with Crippen molar-refractivity contribution in [3.63, 3.8) is 0 Å². The third kappa shape index (κ3) is 2.90. The molecule has 0 aliphatic rings. The largest absolute Gasteiger partial charge is 0.405 e. The fourth-order valence-electron chi connectivity index (χ4n) is 1.00. The fourth-order valence-corrected chi connectivity index (χ4v) is 1.00. The van der Waals surface area contributed by atoms with Gasteiger partial charge in [-0.2, -0.15) is 13.2 Å². The zero-order valence-corrected chi connectivity index (χ0v) is 7.94. The van der Waals surface area contributed by atoms with Crippen LogP contribution in [0.5, 0.6) is 0 Å². The zero-order chi connectivity index (χ0) is 10.8. The normalized spacial score (nSPS) is 11.5. The molecule has 2 nitrogen and oxygen atoms in total. The molecule has 0 radical (unpaired) electrons. The smallest absolute Gasteiger partial charge is 0.375 e. The lowest BCUT2D eigenvalue weighted by atomic mass is 10.1. The molecule has 5 heteroatoms. The lowest BCUT2D eigenvalue weighted by Crippen LogP contribution is -2.21. The molecule has 1 aromatic heterocycles. The molecule has 0 aliphatic carbocycles. The number of aromatic nitrogens is 1.